The first-order valence-corrected chi connectivity index (χ1v) is 7.32. The van der Waals surface area contributed by atoms with E-state index in [4.69, 9.17) is 65.0 Å². The molecule has 0 amide bonds. The van der Waals surface area contributed by atoms with Crippen LogP contribution in [0.25, 0.3) is 0 Å². The van der Waals surface area contributed by atoms with Crippen molar-refractivity contribution in [2.24, 2.45) is 5.41 Å². The highest BCUT2D eigenvalue weighted by Crippen LogP contribution is 2.39. The summed E-state index contributed by atoms with van der Waals surface area (Å²) in [5.41, 5.74) is -1.11. The number of alkyl halides is 3. The van der Waals surface area contributed by atoms with Crippen LogP contribution >= 0.6 is 42.6 Å². The van der Waals surface area contributed by atoms with Crippen LogP contribution in [0.3, 0.4) is 0 Å². The predicted molar refractivity (Wildman–Crippen MR) is 69.1 cm³/mol. The summed E-state index contributed by atoms with van der Waals surface area (Å²) in [5.74, 6) is 0. The molecule has 8 nitrogen and oxygen atoms in total. The van der Waals surface area contributed by atoms with Crippen LogP contribution in [0.4, 0.5) is 0 Å². The van der Waals surface area contributed by atoms with Gasteiger partial charge in [0.15, 0.2) is 0 Å². The van der Waals surface area contributed by atoms with E-state index >= 15 is 0 Å². The largest absolute Gasteiger partial charge is 0.469 e. The van der Waals surface area contributed by atoms with Crippen molar-refractivity contribution in [1.29, 1.82) is 0 Å². The lowest BCUT2D eigenvalue weighted by Gasteiger charge is -2.23. The minimum atomic E-state index is -4.52. The Kier molecular flexibility index (Phi) is 11.3. The summed E-state index contributed by atoms with van der Waals surface area (Å²) < 4.78 is 12.0. The third-order valence-corrected chi connectivity index (χ3v) is 2.53. The average molecular weight is 366 g/mol. The lowest BCUT2D eigenvalue weighted by molar-refractivity contribution is -0.0328. The van der Waals surface area contributed by atoms with Gasteiger partial charge in [-0.2, -0.15) is 0 Å². The van der Waals surface area contributed by atoms with Crippen LogP contribution in [0.2, 0.25) is 0 Å². The van der Waals surface area contributed by atoms with E-state index in [1.165, 1.54) is 0 Å². The van der Waals surface area contributed by atoms with Gasteiger partial charge in [0.05, 0.1) is 31.8 Å². The van der Waals surface area contributed by atoms with Gasteiger partial charge in [0.25, 0.3) is 0 Å². The SMILES string of the molecule is O=P(O)(O)OCC(Cl)(Cl)Cl.OCC(CO)(CO)CO. The fourth-order valence-corrected chi connectivity index (χ4v) is 1.21. The Hall–Kier alpha value is 0.820. The zero-order valence-corrected chi connectivity index (χ0v) is 12.8. The highest BCUT2D eigenvalue weighted by Gasteiger charge is 2.26. The minimum absolute atomic E-state index is 0.406. The third kappa shape index (κ3) is 13.6. The van der Waals surface area contributed by atoms with Gasteiger partial charge in [-0.25, -0.2) is 4.57 Å². The molecule has 19 heavy (non-hydrogen) atoms. The van der Waals surface area contributed by atoms with Gasteiger partial charge >= 0.3 is 7.82 Å². The maximum atomic E-state index is 9.97. The number of phosphoric acid groups is 1. The number of aliphatic hydroxyl groups is 4. The second-order valence-electron chi connectivity index (χ2n) is 3.51. The Bertz CT molecular complexity index is 256. The summed E-state index contributed by atoms with van der Waals surface area (Å²) in [5, 5.41) is 34.0. The molecule has 0 spiro atoms. The van der Waals surface area contributed by atoms with Crippen molar-refractivity contribution in [3.8, 4) is 0 Å². The zero-order chi connectivity index (χ0) is 15.7. The van der Waals surface area contributed by atoms with Crippen molar-refractivity contribution in [2.45, 2.75) is 3.79 Å². The van der Waals surface area contributed by atoms with Crippen LogP contribution in [0.15, 0.2) is 0 Å². The predicted octanol–water partition coefficient (Wildman–Crippen LogP) is -0.592. The molecule has 0 bridgehead atoms. The molecule has 0 atom stereocenters. The van der Waals surface area contributed by atoms with Gasteiger partial charge in [-0.05, 0) is 0 Å². The van der Waals surface area contributed by atoms with Crippen LogP contribution in [0, 0.1) is 5.41 Å². The Morgan fingerprint density at radius 1 is 0.895 bits per heavy atom. The molecular formula is C7H16Cl3O8P. The summed E-state index contributed by atoms with van der Waals surface area (Å²) >= 11 is 15.3. The van der Waals surface area contributed by atoms with Crippen molar-refractivity contribution < 1.29 is 39.3 Å². The average Bonchev–Trinajstić information content (AvgIpc) is 2.30. The fourth-order valence-electron chi connectivity index (χ4n) is 0.457. The van der Waals surface area contributed by atoms with E-state index in [0.717, 1.165) is 0 Å². The molecule has 0 aliphatic carbocycles. The Morgan fingerprint density at radius 3 is 1.26 bits per heavy atom. The molecule has 0 saturated heterocycles. The van der Waals surface area contributed by atoms with Gasteiger partial charge in [-0.1, -0.05) is 34.8 Å². The molecule has 0 fully saturated rings. The van der Waals surface area contributed by atoms with Gasteiger partial charge < -0.3 is 30.2 Å². The van der Waals surface area contributed by atoms with Crippen LogP contribution < -0.4 is 0 Å². The second kappa shape index (κ2) is 9.70. The summed E-state index contributed by atoms with van der Waals surface area (Å²) in [6, 6.07) is 0. The maximum absolute atomic E-state index is 9.97. The molecule has 0 radical (unpaired) electrons. The summed E-state index contributed by atoms with van der Waals surface area (Å²) in [6.07, 6.45) is 0. The number of hydrogen-bond donors (Lipinski definition) is 6. The number of rotatable bonds is 6. The molecule has 0 aliphatic rings. The molecule has 0 aromatic rings. The second-order valence-corrected chi connectivity index (χ2v) is 7.27. The molecule has 0 heterocycles. The van der Waals surface area contributed by atoms with E-state index in [-0.39, 0.29) is 0 Å². The van der Waals surface area contributed by atoms with Gasteiger partial charge in [-0.3, -0.25) is 4.52 Å². The van der Waals surface area contributed by atoms with Gasteiger partial charge in [0.2, 0.25) is 3.79 Å². The van der Waals surface area contributed by atoms with Crippen molar-refractivity contribution in [2.75, 3.05) is 33.0 Å². The lowest BCUT2D eigenvalue weighted by atomic mass is 9.93. The Labute approximate surface area is 124 Å². The van der Waals surface area contributed by atoms with E-state index in [9.17, 15) is 4.57 Å². The van der Waals surface area contributed by atoms with Gasteiger partial charge in [-0.15, -0.1) is 0 Å². The monoisotopic (exact) mass is 364 g/mol. The number of aliphatic hydroxyl groups excluding tert-OH is 4. The quantitative estimate of drug-likeness (QED) is 0.270. The summed E-state index contributed by atoms with van der Waals surface area (Å²) in [4.78, 5) is 16.2. The standard InChI is InChI=1S/C5H12O4.C2H4Cl3O4P/c6-1-5(2-7,3-8)4-9;3-2(4,5)1-9-10(6,7)8/h6-9H,1-4H2;1H2,(H2,6,7,8). The van der Waals surface area contributed by atoms with Crippen molar-refractivity contribution in [3.63, 3.8) is 0 Å². The molecule has 12 heteroatoms. The van der Waals surface area contributed by atoms with E-state index in [1.54, 1.807) is 0 Å². The third-order valence-electron chi connectivity index (χ3n) is 1.74. The van der Waals surface area contributed by atoms with E-state index in [0.29, 0.717) is 0 Å². The smallest absolute Gasteiger partial charge is 0.396 e. The van der Waals surface area contributed by atoms with Gasteiger partial charge in [0, 0.05) is 0 Å². The van der Waals surface area contributed by atoms with Crippen molar-refractivity contribution in [1.82, 2.24) is 0 Å². The summed E-state index contributed by atoms with van der Waals surface area (Å²) in [7, 11) is -4.52. The molecule has 0 rings (SSSR count). The van der Waals surface area contributed by atoms with Crippen LogP contribution in [0.1, 0.15) is 0 Å². The molecular weight excluding hydrogens is 349 g/mol. The minimum Gasteiger partial charge on any atom is -0.396 e. The molecule has 118 valence electrons. The first-order valence-electron chi connectivity index (χ1n) is 4.65. The summed E-state index contributed by atoms with van der Waals surface area (Å²) in [6.45, 7) is -2.26. The molecule has 0 unspecified atom stereocenters. The van der Waals surface area contributed by atoms with Crippen LogP contribution in [0.5, 0.6) is 0 Å². The Morgan fingerprint density at radius 2 is 1.21 bits per heavy atom. The van der Waals surface area contributed by atoms with Crippen molar-refractivity contribution in [3.05, 3.63) is 0 Å². The molecule has 0 saturated carbocycles. The fraction of sp³-hybridized carbons (Fsp3) is 1.00. The lowest BCUT2D eigenvalue weighted by Crippen LogP contribution is -2.37. The first-order chi connectivity index (χ1) is 8.45. The maximum Gasteiger partial charge on any atom is 0.469 e. The van der Waals surface area contributed by atoms with Crippen LogP contribution in [-0.4, -0.2) is 67.0 Å². The topological polar surface area (TPSA) is 148 Å². The number of halogens is 3. The van der Waals surface area contributed by atoms with Crippen LogP contribution in [-0.2, 0) is 9.09 Å². The van der Waals surface area contributed by atoms with E-state index in [2.05, 4.69) is 4.52 Å². The molecule has 0 aromatic carbocycles. The van der Waals surface area contributed by atoms with Crippen molar-refractivity contribution >= 4 is 42.6 Å². The molecule has 0 aliphatic heterocycles. The zero-order valence-electron chi connectivity index (χ0n) is 9.62. The van der Waals surface area contributed by atoms with E-state index in [1.807, 2.05) is 0 Å². The van der Waals surface area contributed by atoms with E-state index < -0.39 is 50.1 Å². The van der Waals surface area contributed by atoms with Gasteiger partial charge in [0.1, 0.15) is 6.61 Å². The molecule has 6 N–H and O–H groups in total. The molecule has 0 aromatic heterocycles. The highest BCUT2D eigenvalue weighted by atomic mass is 35.6. The Balaban J connectivity index is 0. The number of phosphoric ester groups is 1. The first kappa shape index (κ1) is 22.1. The highest BCUT2D eigenvalue weighted by molar-refractivity contribution is 7.46. The number of hydrogen-bond acceptors (Lipinski definition) is 6. The normalized spacial score (nSPS) is 12.9.